The van der Waals surface area contributed by atoms with Crippen molar-refractivity contribution in [2.45, 2.75) is 6.42 Å². The molecule has 160 valence electrons. The first-order chi connectivity index (χ1) is 15.1. The van der Waals surface area contributed by atoms with Crippen molar-refractivity contribution in [2.24, 2.45) is 5.10 Å². The molecule has 0 unspecified atom stereocenters. The zero-order valence-electron chi connectivity index (χ0n) is 17.1. The van der Waals surface area contributed by atoms with Crippen LogP contribution in [0.4, 0.5) is 11.4 Å². The maximum atomic E-state index is 10.7. The Labute approximate surface area is 180 Å². The van der Waals surface area contributed by atoms with Gasteiger partial charge in [-0.2, -0.15) is 5.10 Å². The quantitative estimate of drug-likeness (QED) is 0.205. The molecule has 0 saturated heterocycles. The topological polar surface area (TPSA) is 95.2 Å². The number of methoxy groups -OCH3 is 1. The number of nitrogens with zero attached hydrogens (tertiary/aromatic N) is 2. The third-order valence-electron chi connectivity index (χ3n) is 4.25. The normalized spacial score (nSPS) is 10.6. The van der Waals surface area contributed by atoms with E-state index in [0.29, 0.717) is 18.9 Å². The summed E-state index contributed by atoms with van der Waals surface area (Å²) in [7, 11) is 1.63. The highest BCUT2D eigenvalue weighted by molar-refractivity contribution is 5.80. The molecule has 31 heavy (non-hydrogen) atoms. The zero-order chi connectivity index (χ0) is 21.9. The van der Waals surface area contributed by atoms with Crippen molar-refractivity contribution in [1.82, 2.24) is 0 Å². The molecule has 8 nitrogen and oxygen atoms in total. The number of nitro benzene ring substituents is 1. The SMILES string of the molecule is COc1ccc(OCCCOc2ccc(/C=N\Nc3ccc([N+](=O)[O-])cc3)cc2)cc1. The van der Waals surface area contributed by atoms with E-state index in [1.54, 1.807) is 25.5 Å². The van der Waals surface area contributed by atoms with Gasteiger partial charge in [-0.3, -0.25) is 15.5 Å². The first-order valence-electron chi connectivity index (χ1n) is 9.67. The number of non-ortho nitro benzene ring substituents is 1. The van der Waals surface area contributed by atoms with Crippen molar-refractivity contribution in [3.05, 3.63) is 88.5 Å². The van der Waals surface area contributed by atoms with Gasteiger partial charge in [0.15, 0.2) is 0 Å². The fourth-order valence-electron chi connectivity index (χ4n) is 2.60. The van der Waals surface area contributed by atoms with Crippen LogP contribution in [0.15, 0.2) is 77.9 Å². The van der Waals surface area contributed by atoms with E-state index < -0.39 is 4.92 Å². The monoisotopic (exact) mass is 421 g/mol. The van der Waals surface area contributed by atoms with Crippen LogP contribution in [0.5, 0.6) is 17.2 Å². The molecule has 0 aliphatic heterocycles. The Kier molecular flexibility index (Phi) is 7.82. The highest BCUT2D eigenvalue weighted by atomic mass is 16.6. The van der Waals surface area contributed by atoms with Gasteiger partial charge in [-0.25, -0.2) is 0 Å². The number of anilines is 1. The number of benzene rings is 3. The summed E-state index contributed by atoms with van der Waals surface area (Å²) in [6, 6.07) is 21.0. The molecule has 3 rings (SSSR count). The van der Waals surface area contributed by atoms with Crippen LogP contribution in [0, 0.1) is 10.1 Å². The van der Waals surface area contributed by atoms with E-state index in [-0.39, 0.29) is 5.69 Å². The van der Waals surface area contributed by atoms with Crippen LogP contribution in [-0.2, 0) is 0 Å². The molecular formula is C23H23N3O5. The maximum absolute atomic E-state index is 10.7. The molecule has 0 saturated carbocycles. The average molecular weight is 421 g/mol. The van der Waals surface area contributed by atoms with Gasteiger partial charge in [0, 0.05) is 18.6 Å². The van der Waals surface area contributed by atoms with Crippen molar-refractivity contribution in [3.63, 3.8) is 0 Å². The lowest BCUT2D eigenvalue weighted by atomic mass is 10.2. The molecule has 3 aromatic carbocycles. The number of hydrazone groups is 1. The van der Waals surface area contributed by atoms with E-state index in [1.165, 1.54) is 12.1 Å². The van der Waals surface area contributed by atoms with Crippen molar-refractivity contribution < 1.29 is 19.1 Å². The second kappa shape index (κ2) is 11.2. The minimum Gasteiger partial charge on any atom is -0.497 e. The summed E-state index contributed by atoms with van der Waals surface area (Å²) in [5, 5.41) is 14.8. The van der Waals surface area contributed by atoms with Crippen LogP contribution < -0.4 is 19.6 Å². The van der Waals surface area contributed by atoms with Gasteiger partial charge in [-0.05, 0) is 66.2 Å². The van der Waals surface area contributed by atoms with Gasteiger partial charge in [0.1, 0.15) is 17.2 Å². The predicted molar refractivity (Wildman–Crippen MR) is 119 cm³/mol. The molecule has 0 aliphatic rings. The molecule has 0 bridgehead atoms. The smallest absolute Gasteiger partial charge is 0.269 e. The fraction of sp³-hybridized carbons (Fsp3) is 0.174. The number of rotatable bonds is 11. The van der Waals surface area contributed by atoms with Gasteiger partial charge in [0.2, 0.25) is 0 Å². The second-order valence-electron chi connectivity index (χ2n) is 6.47. The molecule has 0 aliphatic carbocycles. The number of hydrogen-bond donors (Lipinski definition) is 1. The van der Waals surface area contributed by atoms with Crippen LogP contribution in [0.2, 0.25) is 0 Å². The van der Waals surface area contributed by atoms with Gasteiger partial charge in [0.05, 0.1) is 37.1 Å². The van der Waals surface area contributed by atoms with Gasteiger partial charge in [0.25, 0.3) is 5.69 Å². The lowest BCUT2D eigenvalue weighted by molar-refractivity contribution is -0.384. The van der Waals surface area contributed by atoms with E-state index in [2.05, 4.69) is 10.5 Å². The molecule has 0 spiro atoms. The van der Waals surface area contributed by atoms with Crippen LogP contribution in [-0.4, -0.2) is 31.5 Å². The third kappa shape index (κ3) is 7.04. The molecule has 1 N–H and O–H groups in total. The summed E-state index contributed by atoms with van der Waals surface area (Å²) in [6.45, 7) is 1.11. The van der Waals surface area contributed by atoms with Gasteiger partial charge >= 0.3 is 0 Å². The number of nitro groups is 1. The molecule has 0 aromatic heterocycles. The van der Waals surface area contributed by atoms with Gasteiger partial charge in [-0.15, -0.1) is 0 Å². The van der Waals surface area contributed by atoms with Crippen LogP contribution in [0.25, 0.3) is 0 Å². The third-order valence-corrected chi connectivity index (χ3v) is 4.25. The molecule has 0 heterocycles. The highest BCUT2D eigenvalue weighted by Crippen LogP contribution is 2.18. The molecule has 0 atom stereocenters. The summed E-state index contributed by atoms with van der Waals surface area (Å²) in [4.78, 5) is 10.2. The molecule has 8 heteroatoms. The van der Waals surface area contributed by atoms with Crippen molar-refractivity contribution in [1.29, 1.82) is 0 Å². The summed E-state index contributed by atoms with van der Waals surface area (Å²) in [5.41, 5.74) is 4.43. The van der Waals surface area contributed by atoms with E-state index >= 15 is 0 Å². The van der Waals surface area contributed by atoms with E-state index in [9.17, 15) is 10.1 Å². The standard InChI is InChI=1S/C23H23N3O5/c1-29-21-11-13-23(14-12-21)31-16-2-15-30-22-9-3-18(4-10-22)17-24-25-19-5-7-20(8-6-19)26(27)28/h3-14,17,25H,2,15-16H2,1H3/b24-17-. The Hall–Kier alpha value is -4.07. The van der Waals surface area contributed by atoms with Crippen molar-refractivity contribution in [2.75, 3.05) is 25.7 Å². The molecule has 3 aromatic rings. The predicted octanol–water partition coefficient (Wildman–Crippen LogP) is 4.90. The van der Waals surface area contributed by atoms with E-state index in [4.69, 9.17) is 14.2 Å². The number of hydrogen-bond acceptors (Lipinski definition) is 7. The zero-order valence-corrected chi connectivity index (χ0v) is 17.1. The number of ether oxygens (including phenoxy) is 3. The minimum absolute atomic E-state index is 0.0393. The lowest BCUT2D eigenvalue weighted by Gasteiger charge is -2.08. The Morgan fingerprint density at radius 2 is 1.42 bits per heavy atom. The summed E-state index contributed by atoms with van der Waals surface area (Å²) < 4.78 is 16.5. The van der Waals surface area contributed by atoms with Gasteiger partial charge in [-0.1, -0.05) is 0 Å². The summed E-state index contributed by atoms with van der Waals surface area (Å²) in [6.07, 6.45) is 2.42. The maximum Gasteiger partial charge on any atom is 0.269 e. The largest absolute Gasteiger partial charge is 0.497 e. The fourth-order valence-corrected chi connectivity index (χ4v) is 2.60. The molecule has 0 fully saturated rings. The Morgan fingerprint density at radius 1 is 0.871 bits per heavy atom. The first kappa shape index (κ1) is 21.6. The van der Waals surface area contributed by atoms with E-state index in [1.807, 2.05) is 48.5 Å². The van der Waals surface area contributed by atoms with Crippen molar-refractivity contribution in [3.8, 4) is 17.2 Å². The second-order valence-corrected chi connectivity index (χ2v) is 6.47. The Bertz CT molecular complexity index is 987. The Morgan fingerprint density at radius 3 is 1.97 bits per heavy atom. The molecule has 0 radical (unpaired) electrons. The van der Waals surface area contributed by atoms with Crippen LogP contribution in [0.1, 0.15) is 12.0 Å². The first-order valence-corrected chi connectivity index (χ1v) is 9.67. The average Bonchev–Trinajstić information content (AvgIpc) is 2.80. The lowest BCUT2D eigenvalue weighted by Crippen LogP contribution is -2.05. The molecule has 0 amide bonds. The molecular weight excluding hydrogens is 398 g/mol. The summed E-state index contributed by atoms with van der Waals surface area (Å²) in [5.74, 6) is 2.36. The van der Waals surface area contributed by atoms with Gasteiger partial charge < -0.3 is 14.2 Å². The highest BCUT2D eigenvalue weighted by Gasteiger charge is 2.03. The van der Waals surface area contributed by atoms with Crippen LogP contribution in [0.3, 0.4) is 0 Å². The summed E-state index contributed by atoms with van der Waals surface area (Å²) >= 11 is 0. The van der Waals surface area contributed by atoms with E-state index in [0.717, 1.165) is 29.2 Å². The minimum atomic E-state index is -0.440. The van der Waals surface area contributed by atoms with Crippen molar-refractivity contribution >= 4 is 17.6 Å². The Balaban J connectivity index is 1.36. The van der Waals surface area contributed by atoms with Crippen LogP contribution >= 0.6 is 0 Å². The number of nitrogens with one attached hydrogen (secondary N) is 1.